The molecule has 0 saturated heterocycles. The normalized spacial score (nSPS) is 12.2. The number of rotatable bonds is 8. The minimum atomic E-state index is -0.661. The van der Waals surface area contributed by atoms with Gasteiger partial charge in [0.25, 0.3) is 0 Å². The zero-order chi connectivity index (χ0) is 17.5. The summed E-state index contributed by atoms with van der Waals surface area (Å²) in [6.45, 7) is 3.97. The van der Waals surface area contributed by atoms with Crippen LogP contribution in [0.4, 0.5) is 4.39 Å². The van der Waals surface area contributed by atoms with E-state index in [2.05, 4.69) is 4.90 Å². The van der Waals surface area contributed by atoms with Gasteiger partial charge in [-0.1, -0.05) is 25.1 Å². The van der Waals surface area contributed by atoms with Crippen LogP contribution in [-0.2, 0) is 6.54 Å². The molecule has 5 heteroatoms. The van der Waals surface area contributed by atoms with E-state index in [1.165, 1.54) is 12.1 Å². The van der Waals surface area contributed by atoms with Crippen molar-refractivity contribution in [2.45, 2.75) is 19.6 Å². The van der Waals surface area contributed by atoms with E-state index in [9.17, 15) is 9.50 Å². The Morgan fingerprint density at radius 1 is 1.04 bits per heavy atom. The summed E-state index contributed by atoms with van der Waals surface area (Å²) in [6, 6.07) is 11.7. The average Bonchev–Trinajstić information content (AvgIpc) is 2.61. The SMILES string of the molecule is CCN(Cc1ccc(OC)c(OC)c1)CC(O)c1ccc(F)cc1. The molecule has 4 nitrogen and oxygen atoms in total. The Bertz CT molecular complexity index is 646. The predicted molar refractivity (Wildman–Crippen MR) is 91.9 cm³/mol. The third-order valence-electron chi connectivity index (χ3n) is 3.99. The summed E-state index contributed by atoms with van der Waals surface area (Å²) in [5.74, 6) is 1.07. The first-order valence-corrected chi connectivity index (χ1v) is 7.94. The molecule has 2 aromatic carbocycles. The summed E-state index contributed by atoms with van der Waals surface area (Å²) in [5.41, 5.74) is 1.78. The van der Waals surface area contributed by atoms with E-state index in [1.54, 1.807) is 26.4 Å². The molecule has 1 unspecified atom stereocenters. The smallest absolute Gasteiger partial charge is 0.161 e. The maximum absolute atomic E-state index is 13.0. The van der Waals surface area contributed by atoms with Crippen molar-refractivity contribution in [3.8, 4) is 11.5 Å². The highest BCUT2D eigenvalue weighted by Crippen LogP contribution is 2.28. The molecule has 0 bridgehead atoms. The summed E-state index contributed by atoms with van der Waals surface area (Å²) >= 11 is 0. The molecule has 2 rings (SSSR count). The average molecular weight is 333 g/mol. The van der Waals surface area contributed by atoms with Gasteiger partial charge in [0.05, 0.1) is 20.3 Å². The molecule has 0 aliphatic heterocycles. The highest BCUT2D eigenvalue weighted by molar-refractivity contribution is 5.42. The lowest BCUT2D eigenvalue weighted by molar-refractivity contribution is 0.112. The van der Waals surface area contributed by atoms with Crippen molar-refractivity contribution in [2.24, 2.45) is 0 Å². The van der Waals surface area contributed by atoms with Crippen LogP contribution in [0.2, 0.25) is 0 Å². The van der Waals surface area contributed by atoms with Crippen molar-refractivity contribution in [3.05, 3.63) is 59.4 Å². The predicted octanol–water partition coefficient (Wildman–Crippen LogP) is 3.40. The van der Waals surface area contributed by atoms with Crippen molar-refractivity contribution >= 4 is 0 Å². The van der Waals surface area contributed by atoms with Crippen molar-refractivity contribution in [2.75, 3.05) is 27.3 Å². The van der Waals surface area contributed by atoms with Crippen LogP contribution in [0, 0.1) is 5.82 Å². The van der Waals surface area contributed by atoms with Crippen LogP contribution < -0.4 is 9.47 Å². The molecule has 1 atom stereocenters. The van der Waals surface area contributed by atoms with E-state index in [0.29, 0.717) is 30.2 Å². The summed E-state index contributed by atoms with van der Waals surface area (Å²) in [7, 11) is 3.21. The Morgan fingerprint density at radius 3 is 2.29 bits per heavy atom. The summed E-state index contributed by atoms with van der Waals surface area (Å²) < 4.78 is 23.6. The fourth-order valence-corrected chi connectivity index (χ4v) is 2.58. The number of nitrogens with zero attached hydrogens (tertiary/aromatic N) is 1. The van der Waals surface area contributed by atoms with E-state index in [-0.39, 0.29) is 5.82 Å². The molecular weight excluding hydrogens is 309 g/mol. The number of methoxy groups -OCH3 is 2. The number of hydrogen-bond donors (Lipinski definition) is 1. The van der Waals surface area contributed by atoms with Crippen molar-refractivity contribution < 1.29 is 19.0 Å². The zero-order valence-electron chi connectivity index (χ0n) is 14.3. The Hall–Kier alpha value is -2.11. The van der Waals surface area contributed by atoms with Crippen molar-refractivity contribution in [1.82, 2.24) is 4.90 Å². The maximum Gasteiger partial charge on any atom is 0.161 e. The number of halogens is 1. The summed E-state index contributed by atoms with van der Waals surface area (Å²) in [5, 5.41) is 10.4. The lowest BCUT2D eigenvalue weighted by Gasteiger charge is -2.24. The minimum absolute atomic E-state index is 0.302. The van der Waals surface area contributed by atoms with Gasteiger partial charge in [0.1, 0.15) is 5.82 Å². The molecule has 24 heavy (non-hydrogen) atoms. The Kier molecular flexibility index (Phi) is 6.58. The zero-order valence-corrected chi connectivity index (χ0v) is 14.3. The van der Waals surface area contributed by atoms with Gasteiger partial charge in [-0.25, -0.2) is 4.39 Å². The Morgan fingerprint density at radius 2 is 1.71 bits per heavy atom. The van der Waals surface area contributed by atoms with Gasteiger partial charge >= 0.3 is 0 Å². The molecule has 0 fully saturated rings. The summed E-state index contributed by atoms with van der Waals surface area (Å²) in [6.07, 6.45) is -0.661. The van der Waals surface area contributed by atoms with E-state index < -0.39 is 6.10 Å². The molecule has 0 aliphatic carbocycles. The lowest BCUT2D eigenvalue weighted by Crippen LogP contribution is -2.28. The number of hydrogen-bond acceptors (Lipinski definition) is 4. The molecule has 1 N–H and O–H groups in total. The Labute approximate surface area is 142 Å². The number of ether oxygens (including phenoxy) is 2. The maximum atomic E-state index is 13.0. The second kappa shape index (κ2) is 8.66. The topological polar surface area (TPSA) is 41.9 Å². The Balaban J connectivity index is 2.05. The van der Waals surface area contributed by atoms with Gasteiger partial charge < -0.3 is 14.6 Å². The standard InChI is InChI=1S/C19H24FNO3/c1-4-21(13-17(22)15-6-8-16(20)9-7-15)12-14-5-10-18(23-2)19(11-14)24-3/h5-11,17,22H,4,12-13H2,1-3H3. The third-order valence-corrected chi connectivity index (χ3v) is 3.99. The van der Waals surface area contributed by atoms with Crippen LogP contribution in [0.3, 0.4) is 0 Å². The molecule has 130 valence electrons. The molecule has 0 amide bonds. The molecule has 0 aliphatic rings. The van der Waals surface area contributed by atoms with Crippen LogP contribution >= 0.6 is 0 Å². The highest BCUT2D eigenvalue weighted by atomic mass is 19.1. The quantitative estimate of drug-likeness (QED) is 0.804. The van der Waals surface area contributed by atoms with Crippen LogP contribution in [0.5, 0.6) is 11.5 Å². The molecule has 0 spiro atoms. The van der Waals surface area contributed by atoms with Crippen LogP contribution in [0.1, 0.15) is 24.2 Å². The number of aliphatic hydroxyl groups excluding tert-OH is 1. The minimum Gasteiger partial charge on any atom is -0.493 e. The van der Waals surface area contributed by atoms with E-state index in [1.807, 2.05) is 25.1 Å². The van der Waals surface area contributed by atoms with Crippen molar-refractivity contribution in [1.29, 1.82) is 0 Å². The van der Waals surface area contributed by atoms with Gasteiger partial charge in [-0.2, -0.15) is 0 Å². The van der Waals surface area contributed by atoms with Crippen LogP contribution in [0.25, 0.3) is 0 Å². The molecule has 0 saturated carbocycles. The highest BCUT2D eigenvalue weighted by Gasteiger charge is 2.14. The van der Waals surface area contributed by atoms with Gasteiger partial charge in [0.15, 0.2) is 11.5 Å². The van der Waals surface area contributed by atoms with E-state index in [0.717, 1.165) is 12.1 Å². The molecular formula is C19H24FNO3. The molecule has 0 radical (unpaired) electrons. The molecule has 0 heterocycles. The lowest BCUT2D eigenvalue weighted by atomic mass is 10.1. The van der Waals surface area contributed by atoms with Gasteiger partial charge in [-0.15, -0.1) is 0 Å². The third kappa shape index (κ3) is 4.69. The fourth-order valence-electron chi connectivity index (χ4n) is 2.58. The van der Waals surface area contributed by atoms with Crippen LogP contribution in [-0.4, -0.2) is 37.3 Å². The number of benzene rings is 2. The first-order chi connectivity index (χ1) is 11.6. The monoisotopic (exact) mass is 333 g/mol. The second-order valence-electron chi connectivity index (χ2n) is 5.58. The number of aliphatic hydroxyl groups is 1. The first kappa shape index (κ1) is 18.2. The fraction of sp³-hybridized carbons (Fsp3) is 0.368. The van der Waals surface area contributed by atoms with Gasteiger partial charge in [0.2, 0.25) is 0 Å². The molecule has 2 aromatic rings. The molecule has 0 aromatic heterocycles. The number of likely N-dealkylation sites (N-methyl/N-ethyl adjacent to an activating group) is 1. The van der Waals surface area contributed by atoms with Gasteiger partial charge in [0, 0.05) is 13.1 Å². The summed E-state index contributed by atoms with van der Waals surface area (Å²) in [4.78, 5) is 2.12. The van der Waals surface area contributed by atoms with Crippen LogP contribution in [0.15, 0.2) is 42.5 Å². The van der Waals surface area contributed by atoms with Gasteiger partial charge in [-0.3, -0.25) is 4.90 Å². The van der Waals surface area contributed by atoms with E-state index in [4.69, 9.17) is 9.47 Å². The first-order valence-electron chi connectivity index (χ1n) is 7.94. The largest absolute Gasteiger partial charge is 0.493 e. The second-order valence-corrected chi connectivity index (χ2v) is 5.58. The van der Waals surface area contributed by atoms with E-state index >= 15 is 0 Å². The van der Waals surface area contributed by atoms with Gasteiger partial charge in [-0.05, 0) is 41.9 Å². The van der Waals surface area contributed by atoms with Crippen molar-refractivity contribution in [3.63, 3.8) is 0 Å².